The SMILES string of the molecule is COc1ccc(-c2nc(CN3CCn4cccc4C3C)c(C)o2)c2ccccc12. The zero-order valence-electron chi connectivity index (χ0n) is 17.1. The molecule has 29 heavy (non-hydrogen) atoms. The summed E-state index contributed by atoms with van der Waals surface area (Å²) in [5.74, 6) is 2.41. The number of hydrogen-bond acceptors (Lipinski definition) is 4. The minimum atomic E-state index is 0.361. The molecule has 3 heterocycles. The molecule has 5 rings (SSSR count). The van der Waals surface area contributed by atoms with Crippen LogP contribution in [0, 0.1) is 6.92 Å². The van der Waals surface area contributed by atoms with Crippen LogP contribution in [0.1, 0.15) is 30.1 Å². The van der Waals surface area contributed by atoms with E-state index in [1.807, 2.05) is 31.2 Å². The van der Waals surface area contributed by atoms with Crippen molar-refractivity contribution in [1.82, 2.24) is 14.5 Å². The summed E-state index contributed by atoms with van der Waals surface area (Å²) in [6.07, 6.45) is 2.16. The molecule has 2 aromatic carbocycles. The average Bonchev–Trinajstić information content (AvgIpc) is 3.36. The Morgan fingerprint density at radius 2 is 1.90 bits per heavy atom. The van der Waals surface area contributed by atoms with Gasteiger partial charge < -0.3 is 13.7 Å². The van der Waals surface area contributed by atoms with E-state index < -0.39 is 0 Å². The second-order valence-electron chi connectivity index (χ2n) is 7.66. The van der Waals surface area contributed by atoms with Crippen LogP contribution in [-0.2, 0) is 13.1 Å². The number of rotatable bonds is 4. The highest BCUT2D eigenvalue weighted by Crippen LogP contribution is 2.35. The number of hydrogen-bond donors (Lipinski definition) is 0. The van der Waals surface area contributed by atoms with Gasteiger partial charge in [0.1, 0.15) is 11.5 Å². The summed E-state index contributed by atoms with van der Waals surface area (Å²) >= 11 is 0. The number of methoxy groups -OCH3 is 1. The highest BCUT2D eigenvalue weighted by atomic mass is 16.5. The average molecular weight is 387 g/mol. The molecule has 1 unspecified atom stereocenters. The third kappa shape index (κ3) is 3.02. The van der Waals surface area contributed by atoms with Crippen molar-refractivity contribution in [2.75, 3.05) is 13.7 Å². The van der Waals surface area contributed by atoms with E-state index in [0.29, 0.717) is 11.9 Å². The molecule has 2 aromatic heterocycles. The predicted octanol–water partition coefficient (Wildman–Crippen LogP) is 5.19. The van der Waals surface area contributed by atoms with Crippen LogP contribution in [0.4, 0.5) is 0 Å². The molecule has 0 spiro atoms. The number of aryl methyl sites for hydroxylation is 1. The first-order valence-corrected chi connectivity index (χ1v) is 10.1. The maximum atomic E-state index is 6.13. The molecular formula is C24H25N3O2. The van der Waals surface area contributed by atoms with Gasteiger partial charge in [0.2, 0.25) is 5.89 Å². The van der Waals surface area contributed by atoms with Crippen molar-refractivity contribution in [2.24, 2.45) is 0 Å². The lowest BCUT2D eigenvalue weighted by atomic mass is 10.0. The Hall–Kier alpha value is -3.05. The van der Waals surface area contributed by atoms with E-state index in [-0.39, 0.29) is 0 Å². The maximum absolute atomic E-state index is 6.13. The molecule has 0 saturated heterocycles. The van der Waals surface area contributed by atoms with Gasteiger partial charge in [-0.1, -0.05) is 24.3 Å². The molecule has 1 atom stereocenters. The van der Waals surface area contributed by atoms with Crippen molar-refractivity contribution in [3.63, 3.8) is 0 Å². The van der Waals surface area contributed by atoms with Crippen molar-refractivity contribution < 1.29 is 9.15 Å². The van der Waals surface area contributed by atoms with Crippen molar-refractivity contribution in [3.8, 4) is 17.2 Å². The minimum absolute atomic E-state index is 0.361. The van der Waals surface area contributed by atoms with Crippen LogP contribution in [0.3, 0.4) is 0 Å². The van der Waals surface area contributed by atoms with Gasteiger partial charge in [-0.15, -0.1) is 0 Å². The van der Waals surface area contributed by atoms with E-state index in [0.717, 1.165) is 53.2 Å². The van der Waals surface area contributed by atoms with E-state index in [9.17, 15) is 0 Å². The highest BCUT2D eigenvalue weighted by molar-refractivity contribution is 5.98. The Labute approximate surface area is 170 Å². The minimum Gasteiger partial charge on any atom is -0.496 e. The Bertz CT molecular complexity index is 1170. The molecule has 0 aliphatic carbocycles. The van der Waals surface area contributed by atoms with Crippen LogP contribution in [0.5, 0.6) is 5.75 Å². The molecule has 5 nitrogen and oxygen atoms in total. The van der Waals surface area contributed by atoms with Crippen LogP contribution in [0.15, 0.2) is 59.1 Å². The second kappa shape index (κ2) is 7.08. The van der Waals surface area contributed by atoms with Crippen molar-refractivity contribution >= 4 is 10.8 Å². The number of fused-ring (bicyclic) bond motifs is 2. The summed E-state index contributed by atoms with van der Waals surface area (Å²) in [4.78, 5) is 7.37. The normalized spacial score (nSPS) is 16.9. The smallest absolute Gasteiger partial charge is 0.227 e. The lowest BCUT2D eigenvalue weighted by Gasteiger charge is -2.34. The van der Waals surface area contributed by atoms with Crippen LogP contribution in [-0.4, -0.2) is 28.1 Å². The van der Waals surface area contributed by atoms with Gasteiger partial charge in [-0.3, -0.25) is 4.90 Å². The van der Waals surface area contributed by atoms with Crippen LogP contribution < -0.4 is 4.74 Å². The standard InChI is InChI=1S/C24H25N3O2/c1-16-22-9-6-12-26(22)13-14-27(16)15-21-17(2)29-24(25-21)20-10-11-23(28-3)19-8-5-4-7-18(19)20/h4-12,16H,13-15H2,1-3H3. The number of aromatic nitrogens is 2. The summed E-state index contributed by atoms with van der Waals surface area (Å²) < 4.78 is 14.0. The second-order valence-corrected chi connectivity index (χ2v) is 7.66. The van der Waals surface area contributed by atoms with Crippen molar-refractivity contribution in [3.05, 3.63) is 71.9 Å². The van der Waals surface area contributed by atoms with Gasteiger partial charge >= 0.3 is 0 Å². The van der Waals surface area contributed by atoms with E-state index in [4.69, 9.17) is 14.1 Å². The zero-order chi connectivity index (χ0) is 20.0. The molecule has 4 aromatic rings. The highest BCUT2D eigenvalue weighted by Gasteiger charge is 2.25. The number of benzene rings is 2. The first-order chi connectivity index (χ1) is 14.2. The van der Waals surface area contributed by atoms with E-state index in [2.05, 4.69) is 46.9 Å². The van der Waals surface area contributed by atoms with Crippen LogP contribution in [0.2, 0.25) is 0 Å². The van der Waals surface area contributed by atoms with Crippen LogP contribution in [0.25, 0.3) is 22.2 Å². The first-order valence-electron chi connectivity index (χ1n) is 10.1. The lowest BCUT2D eigenvalue weighted by molar-refractivity contribution is 0.158. The molecule has 0 amide bonds. The molecule has 0 N–H and O–H groups in total. The Morgan fingerprint density at radius 1 is 1.07 bits per heavy atom. The van der Waals surface area contributed by atoms with Gasteiger partial charge in [0.05, 0.1) is 12.8 Å². The molecule has 0 radical (unpaired) electrons. The quantitative estimate of drug-likeness (QED) is 0.483. The fraction of sp³-hybridized carbons (Fsp3) is 0.292. The molecule has 0 bridgehead atoms. The third-order valence-electron chi connectivity index (χ3n) is 6.05. The number of nitrogens with zero attached hydrogens (tertiary/aromatic N) is 3. The molecule has 148 valence electrons. The van der Waals surface area contributed by atoms with E-state index >= 15 is 0 Å². The Morgan fingerprint density at radius 3 is 2.72 bits per heavy atom. The maximum Gasteiger partial charge on any atom is 0.227 e. The summed E-state index contributed by atoms with van der Waals surface area (Å²) in [6, 6.07) is 16.9. The van der Waals surface area contributed by atoms with Gasteiger partial charge in [-0.05, 0) is 43.5 Å². The van der Waals surface area contributed by atoms with Gasteiger partial charge in [-0.2, -0.15) is 0 Å². The molecule has 1 aliphatic rings. The zero-order valence-corrected chi connectivity index (χ0v) is 17.1. The monoisotopic (exact) mass is 387 g/mol. The molecule has 5 heteroatoms. The Balaban J connectivity index is 1.48. The Kier molecular flexibility index (Phi) is 4.40. The summed E-state index contributed by atoms with van der Waals surface area (Å²) in [6.45, 7) is 7.08. The van der Waals surface area contributed by atoms with Gasteiger partial charge in [-0.25, -0.2) is 4.98 Å². The number of ether oxygens (including phenoxy) is 1. The topological polar surface area (TPSA) is 43.4 Å². The van der Waals surface area contributed by atoms with Crippen LogP contribution >= 0.6 is 0 Å². The van der Waals surface area contributed by atoms with E-state index in [1.165, 1.54) is 5.69 Å². The summed E-state index contributed by atoms with van der Waals surface area (Å²) in [5, 5.41) is 2.15. The van der Waals surface area contributed by atoms with Crippen molar-refractivity contribution in [2.45, 2.75) is 33.0 Å². The lowest BCUT2D eigenvalue weighted by Crippen LogP contribution is -2.36. The first kappa shape index (κ1) is 18.0. The number of oxazole rings is 1. The fourth-order valence-electron chi connectivity index (χ4n) is 4.36. The molecular weight excluding hydrogens is 362 g/mol. The fourth-order valence-corrected chi connectivity index (χ4v) is 4.36. The van der Waals surface area contributed by atoms with E-state index in [1.54, 1.807) is 7.11 Å². The molecule has 1 aliphatic heterocycles. The summed E-state index contributed by atoms with van der Waals surface area (Å²) in [7, 11) is 1.70. The molecule has 0 fully saturated rings. The van der Waals surface area contributed by atoms with Gasteiger partial charge in [0.15, 0.2) is 0 Å². The van der Waals surface area contributed by atoms with Gasteiger partial charge in [0.25, 0.3) is 0 Å². The molecule has 0 saturated carbocycles. The largest absolute Gasteiger partial charge is 0.496 e. The van der Waals surface area contributed by atoms with Gasteiger partial charge in [0, 0.05) is 48.5 Å². The van der Waals surface area contributed by atoms with Crippen molar-refractivity contribution in [1.29, 1.82) is 0 Å². The summed E-state index contributed by atoms with van der Waals surface area (Å²) in [5.41, 5.74) is 3.36. The predicted molar refractivity (Wildman–Crippen MR) is 114 cm³/mol. The third-order valence-corrected chi connectivity index (χ3v) is 6.05.